The van der Waals surface area contributed by atoms with Gasteiger partial charge in [-0.15, -0.1) is 0 Å². The third-order valence-electron chi connectivity index (χ3n) is 4.06. The topological polar surface area (TPSA) is 0 Å². The van der Waals surface area contributed by atoms with Crippen LogP contribution in [0.1, 0.15) is 0 Å². The molecule has 0 spiro atoms. The molecule has 2 aliphatic rings. The maximum atomic E-state index is 2.27. The summed E-state index contributed by atoms with van der Waals surface area (Å²) in [7, 11) is 18.5. The molecule has 0 atom stereocenters. The fraction of sp³-hybridized carbons (Fsp3) is 0. The van der Waals surface area contributed by atoms with E-state index < -0.39 is 0 Å². The van der Waals surface area contributed by atoms with Gasteiger partial charge >= 0.3 is 0 Å². The summed E-state index contributed by atoms with van der Waals surface area (Å²) in [6, 6.07) is 22.4. The molecular formula is C18H10S10. The molecule has 0 amide bonds. The predicted octanol–water partition coefficient (Wildman–Crippen LogP) is 11.1. The lowest BCUT2D eigenvalue weighted by molar-refractivity contribution is 1.26. The van der Waals surface area contributed by atoms with Crippen LogP contribution in [0, 0.1) is 0 Å². The molecule has 0 aliphatic carbocycles. The van der Waals surface area contributed by atoms with E-state index in [-0.39, 0.29) is 0 Å². The lowest BCUT2D eigenvalue weighted by Crippen LogP contribution is -1.86. The fourth-order valence-corrected chi connectivity index (χ4v) is 21.0. The number of fused-ring (bicyclic) bond motifs is 2. The van der Waals surface area contributed by atoms with E-state index >= 15 is 0 Å². The lowest BCUT2D eigenvalue weighted by atomic mass is 10.0. The van der Waals surface area contributed by atoms with Crippen LogP contribution in [0.3, 0.4) is 0 Å². The molecular weight excluding hydrogens is 537 g/mol. The highest BCUT2D eigenvalue weighted by Crippen LogP contribution is 2.61. The molecule has 28 heavy (non-hydrogen) atoms. The van der Waals surface area contributed by atoms with Gasteiger partial charge in [-0.25, -0.2) is 0 Å². The first-order valence-electron chi connectivity index (χ1n) is 7.96. The van der Waals surface area contributed by atoms with Gasteiger partial charge in [-0.2, -0.15) is 0 Å². The Morgan fingerprint density at radius 3 is 1.29 bits per heavy atom. The number of benzene rings is 3. The Kier molecular flexibility index (Phi) is 7.65. The maximum absolute atomic E-state index is 2.27. The summed E-state index contributed by atoms with van der Waals surface area (Å²) in [6.07, 6.45) is 0. The van der Waals surface area contributed by atoms with E-state index in [1.165, 1.54) is 41.8 Å². The molecule has 0 saturated carbocycles. The third kappa shape index (κ3) is 4.66. The summed E-state index contributed by atoms with van der Waals surface area (Å²) >= 11 is 0. The second-order valence-electron chi connectivity index (χ2n) is 5.58. The van der Waals surface area contributed by atoms with Crippen LogP contribution in [-0.2, 0) is 0 Å². The van der Waals surface area contributed by atoms with Crippen LogP contribution >= 0.6 is 102 Å². The van der Waals surface area contributed by atoms with Crippen molar-refractivity contribution in [1.82, 2.24) is 0 Å². The summed E-state index contributed by atoms with van der Waals surface area (Å²) in [5.74, 6) is 0. The number of rotatable bonds is 2. The average Bonchev–Trinajstić information content (AvgIpc) is 3.14. The molecule has 0 fully saturated rings. The molecule has 3 aromatic rings. The SMILES string of the molecule is c1cc2c(c(-c3ccc(-c4cccc5c4SSSSS5)cc3)c1)SSSSS2. The van der Waals surface area contributed by atoms with Gasteiger partial charge in [-0.05, 0) is 137 Å². The largest absolute Gasteiger partial charge is 0.0604 e. The molecule has 10 heteroatoms. The maximum Gasteiger partial charge on any atom is 0.0414 e. The van der Waals surface area contributed by atoms with Crippen molar-refractivity contribution in [3.8, 4) is 22.3 Å². The minimum absolute atomic E-state index is 1.29. The van der Waals surface area contributed by atoms with E-state index in [1.807, 2.05) is 102 Å². The van der Waals surface area contributed by atoms with E-state index in [0.29, 0.717) is 0 Å². The molecule has 0 radical (unpaired) electrons. The second kappa shape index (κ2) is 10.2. The monoisotopic (exact) mass is 546 g/mol. The second-order valence-corrected chi connectivity index (χ2v) is 20.6. The van der Waals surface area contributed by atoms with Crippen molar-refractivity contribution < 1.29 is 0 Å². The van der Waals surface area contributed by atoms with Crippen LogP contribution in [-0.4, -0.2) is 0 Å². The minimum Gasteiger partial charge on any atom is -0.0604 e. The normalized spacial score (nSPS) is 16.6. The molecule has 5 rings (SSSR count). The quantitative estimate of drug-likeness (QED) is 0.283. The van der Waals surface area contributed by atoms with E-state index in [0.717, 1.165) is 0 Å². The Morgan fingerprint density at radius 2 is 0.821 bits per heavy atom. The van der Waals surface area contributed by atoms with Crippen molar-refractivity contribution in [2.45, 2.75) is 19.6 Å². The van der Waals surface area contributed by atoms with Crippen LogP contribution in [0.4, 0.5) is 0 Å². The molecule has 0 saturated heterocycles. The highest BCUT2D eigenvalue weighted by atomic mass is 33.8. The molecule has 142 valence electrons. The highest BCUT2D eigenvalue weighted by Gasteiger charge is 2.18. The van der Waals surface area contributed by atoms with Crippen LogP contribution < -0.4 is 0 Å². The third-order valence-corrected chi connectivity index (χ3v) is 21.1. The van der Waals surface area contributed by atoms with Crippen LogP contribution in [0.25, 0.3) is 22.3 Å². The first-order chi connectivity index (χ1) is 13.9. The molecule has 2 heterocycles. The Labute approximate surface area is 202 Å². The van der Waals surface area contributed by atoms with Gasteiger partial charge < -0.3 is 0 Å². The van der Waals surface area contributed by atoms with Gasteiger partial charge in [0.1, 0.15) is 0 Å². The van der Waals surface area contributed by atoms with Crippen LogP contribution in [0.15, 0.2) is 80.2 Å². The van der Waals surface area contributed by atoms with Gasteiger partial charge in [0.15, 0.2) is 0 Å². The molecule has 0 nitrogen and oxygen atoms in total. The smallest absolute Gasteiger partial charge is 0.0414 e. The van der Waals surface area contributed by atoms with Gasteiger partial charge in [-0.3, -0.25) is 0 Å². The van der Waals surface area contributed by atoms with Gasteiger partial charge in [0.05, 0.1) is 0 Å². The van der Waals surface area contributed by atoms with Crippen LogP contribution in [0.5, 0.6) is 0 Å². The zero-order chi connectivity index (χ0) is 18.8. The van der Waals surface area contributed by atoms with Gasteiger partial charge in [-0.1, -0.05) is 48.5 Å². The first-order valence-corrected chi connectivity index (χ1v) is 20.3. The van der Waals surface area contributed by atoms with E-state index in [1.54, 1.807) is 0 Å². The van der Waals surface area contributed by atoms with E-state index in [4.69, 9.17) is 0 Å². The summed E-state index contributed by atoms with van der Waals surface area (Å²) in [5.41, 5.74) is 5.24. The average molecular weight is 547 g/mol. The Morgan fingerprint density at radius 1 is 0.393 bits per heavy atom. The van der Waals surface area contributed by atoms with Crippen molar-refractivity contribution >= 4 is 102 Å². The zero-order valence-corrected chi connectivity index (χ0v) is 22.0. The molecule has 0 bridgehead atoms. The Balaban J connectivity index is 1.51. The zero-order valence-electron chi connectivity index (χ0n) is 13.9. The molecule has 3 aromatic carbocycles. The van der Waals surface area contributed by atoms with Crippen molar-refractivity contribution in [2.75, 3.05) is 0 Å². The predicted molar refractivity (Wildman–Crippen MR) is 146 cm³/mol. The summed E-state index contributed by atoms with van der Waals surface area (Å²) in [6.45, 7) is 0. The van der Waals surface area contributed by atoms with Crippen molar-refractivity contribution in [3.05, 3.63) is 60.7 Å². The van der Waals surface area contributed by atoms with E-state index in [2.05, 4.69) is 60.7 Å². The molecule has 2 aliphatic heterocycles. The lowest BCUT2D eigenvalue weighted by Gasteiger charge is -2.13. The van der Waals surface area contributed by atoms with Gasteiger partial charge in [0.2, 0.25) is 0 Å². The number of hydrogen-bond donors (Lipinski definition) is 0. The standard InChI is InChI=1S/C18H10S10/c1-3-13(17-15(5-1)19-23-27-25-21-17)11-7-9-12(10-8-11)14-4-2-6-16-18(14)22-26-28-24-20-16/h1-10H. The van der Waals surface area contributed by atoms with Crippen molar-refractivity contribution in [3.63, 3.8) is 0 Å². The van der Waals surface area contributed by atoms with Gasteiger partial charge in [0.25, 0.3) is 0 Å². The summed E-state index contributed by atoms with van der Waals surface area (Å²) in [4.78, 5) is 5.49. The number of hydrogen-bond acceptors (Lipinski definition) is 10. The minimum atomic E-state index is 1.29. The fourth-order valence-electron chi connectivity index (χ4n) is 2.84. The molecule has 0 N–H and O–H groups in total. The van der Waals surface area contributed by atoms with Crippen molar-refractivity contribution in [1.29, 1.82) is 0 Å². The van der Waals surface area contributed by atoms with Crippen LogP contribution in [0.2, 0.25) is 0 Å². The Hall–Kier alpha value is 1.16. The van der Waals surface area contributed by atoms with Gasteiger partial charge in [0, 0.05) is 19.6 Å². The highest BCUT2D eigenvalue weighted by molar-refractivity contribution is 9.36. The summed E-state index contributed by atoms with van der Waals surface area (Å²) in [5, 5.41) is 0. The van der Waals surface area contributed by atoms with E-state index in [9.17, 15) is 0 Å². The first kappa shape index (κ1) is 21.0. The van der Waals surface area contributed by atoms with Crippen molar-refractivity contribution in [2.24, 2.45) is 0 Å². The Bertz CT molecular complexity index is 908. The summed E-state index contributed by atoms with van der Waals surface area (Å²) < 4.78 is 0. The molecule has 0 unspecified atom stereocenters. The molecule has 0 aromatic heterocycles.